The van der Waals surface area contributed by atoms with E-state index in [0.29, 0.717) is 11.5 Å². The lowest BCUT2D eigenvalue weighted by Gasteiger charge is -2.19. The number of nitrogens with one attached hydrogen (secondary N) is 1. The summed E-state index contributed by atoms with van der Waals surface area (Å²) < 4.78 is 12.7. The summed E-state index contributed by atoms with van der Waals surface area (Å²) >= 11 is 0. The van der Waals surface area contributed by atoms with E-state index in [1.54, 1.807) is 0 Å². The molecule has 0 aromatic heterocycles. The standard InChI is InChI=1S/C14H17FN2O/c1-10-4-2-3-5-13(10)16-17-14(18)11-6-8-12(15)9-7-11/h6-10H,2-5H2,1H3,(H,17,18)/b16-13-/t10-/m1/s1. The van der Waals surface area contributed by atoms with Crippen molar-refractivity contribution in [1.82, 2.24) is 5.43 Å². The molecule has 1 N–H and O–H groups in total. The number of rotatable bonds is 2. The largest absolute Gasteiger partial charge is 0.271 e. The molecule has 1 atom stereocenters. The van der Waals surface area contributed by atoms with Gasteiger partial charge in [-0.25, -0.2) is 9.82 Å². The molecule has 0 bridgehead atoms. The van der Waals surface area contributed by atoms with Gasteiger partial charge >= 0.3 is 0 Å². The first-order valence-corrected chi connectivity index (χ1v) is 6.29. The molecule has 1 aromatic rings. The third-order valence-corrected chi connectivity index (χ3v) is 3.30. The molecule has 0 aliphatic heterocycles. The molecule has 96 valence electrons. The van der Waals surface area contributed by atoms with Gasteiger partial charge in [-0.2, -0.15) is 5.10 Å². The Kier molecular flexibility index (Phi) is 4.07. The highest BCUT2D eigenvalue weighted by Gasteiger charge is 2.16. The van der Waals surface area contributed by atoms with Gasteiger partial charge in [-0.15, -0.1) is 0 Å². The first-order valence-electron chi connectivity index (χ1n) is 6.29. The Morgan fingerprint density at radius 3 is 2.72 bits per heavy atom. The summed E-state index contributed by atoms with van der Waals surface area (Å²) in [6.07, 6.45) is 4.44. The highest BCUT2D eigenvalue weighted by atomic mass is 19.1. The zero-order chi connectivity index (χ0) is 13.0. The van der Waals surface area contributed by atoms with E-state index in [9.17, 15) is 9.18 Å². The SMILES string of the molecule is C[C@@H]1CCCC/C1=N/NC(=O)c1ccc(F)cc1. The third kappa shape index (κ3) is 3.15. The molecular weight excluding hydrogens is 231 g/mol. The second-order valence-corrected chi connectivity index (χ2v) is 4.70. The quantitative estimate of drug-likeness (QED) is 0.803. The van der Waals surface area contributed by atoms with Crippen molar-refractivity contribution in [2.75, 3.05) is 0 Å². The van der Waals surface area contributed by atoms with Gasteiger partial charge in [0.15, 0.2) is 0 Å². The molecule has 2 rings (SSSR count). The van der Waals surface area contributed by atoms with E-state index >= 15 is 0 Å². The van der Waals surface area contributed by atoms with Crippen molar-refractivity contribution in [2.24, 2.45) is 11.0 Å². The number of benzene rings is 1. The van der Waals surface area contributed by atoms with Crippen LogP contribution in [0.5, 0.6) is 0 Å². The average molecular weight is 248 g/mol. The van der Waals surface area contributed by atoms with Crippen molar-refractivity contribution in [1.29, 1.82) is 0 Å². The number of halogens is 1. The van der Waals surface area contributed by atoms with E-state index in [1.807, 2.05) is 0 Å². The molecule has 18 heavy (non-hydrogen) atoms. The molecule has 4 heteroatoms. The van der Waals surface area contributed by atoms with E-state index in [0.717, 1.165) is 25.0 Å². The fraction of sp³-hybridized carbons (Fsp3) is 0.429. The molecule has 0 radical (unpaired) electrons. The third-order valence-electron chi connectivity index (χ3n) is 3.30. The van der Waals surface area contributed by atoms with Crippen LogP contribution < -0.4 is 5.43 Å². The number of nitrogens with zero attached hydrogens (tertiary/aromatic N) is 1. The summed E-state index contributed by atoms with van der Waals surface area (Å²) in [5.74, 6) is -0.202. The molecule has 1 fully saturated rings. The van der Waals surface area contributed by atoms with Gasteiger partial charge in [-0.3, -0.25) is 4.79 Å². The molecule has 1 amide bonds. The van der Waals surface area contributed by atoms with Crippen LogP contribution in [-0.2, 0) is 0 Å². The topological polar surface area (TPSA) is 41.5 Å². The number of hydrogen-bond acceptors (Lipinski definition) is 2. The van der Waals surface area contributed by atoms with Crippen LogP contribution in [0.2, 0.25) is 0 Å². The summed E-state index contributed by atoms with van der Waals surface area (Å²) in [5, 5.41) is 4.19. The Hall–Kier alpha value is -1.71. The molecule has 1 aliphatic rings. The van der Waals surface area contributed by atoms with Crippen molar-refractivity contribution in [3.05, 3.63) is 35.6 Å². The summed E-state index contributed by atoms with van der Waals surface area (Å²) in [4.78, 5) is 11.8. The second kappa shape index (κ2) is 5.76. The number of hydrogen-bond donors (Lipinski definition) is 1. The Morgan fingerprint density at radius 1 is 1.33 bits per heavy atom. The molecule has 0 spiro atoms. The number of amides is 1. The van der Waals surface area contributed by atoms with Gasteiger partial charge in [0.2, 0.25) is 0 Å². The van der Waals surface area contributed by atoms with Crippen molar-refractivity contribution in [2.45, 2.75) is 32.6 Å². The Labute approximate surface area is 106 Å². The van der Waals surface area contributed by atoms with Crippen LogP contribution in [0.3, 0.4) is 0 Å². The maximum atomic E-state index is 12.7. The van der Waals surface area contributed by atoms with E-state index in [4.69, 9.17) is 0 Å². The minimum absolute atomic E-state index is 0.291. The van der Waals surface area contributed by atoms with E-state index < -0.39 is 0 Å². The fourth-order valence-corrected chi connectivity index (χ4v) is 2.12. The first-order chi connectivity index (χ1) is 8.66. The van der Waals surface area contributed by atoms with Crippen LogP contribution in [0.4, 0.5) is 4.39 Å². The van der Waals surface area contributed by atoms with Gasteiger partial charge in [-0.05, 0) is 49.4 Å². The molecule has 0 unspecified atom stereocenters. The summed E-state index contributed by atoms with van der Waals surface area (Å²) in [7, 11) is 0. The molecule has 3 nitrogen and oxygen atoms in total. The van der Waals surface area contributed by atoms with E-state index in [1.165, 1.54) is 30.7 Å². The summed E-state index contributed by atoms with van der Waals surface area (Å²) in [6.45, 7) is 2.13. The smallest absolute Gasteiger partial charge is 0.267 e. The van der Waals surface area contributed by atoms with Gasteiger partial charge < -0.3 is 0 Å². The monoisotopic (exact) mass is 248 g/mol. The fourth-order valence-electron chi connectivity index (χ4n) is 2.12. The van der Waals surface area contributed by atoms with Crippen molar-refractivity contribution >= 4 is 11.6 Å². The minimum Gasteiger partial charge on any atom is -0.267 e. The first kappa shape index (κ1) is 12.7. The van der Waals surface area contributed by atoms with Gasteiger partial charge in [0, 0.05) is 11.3 Å². The van der Waals surface area contributed by atoms with Gasteiger partial charge in [0.1, 0.15) is 5.82 Å². The van der Waals surface area contributed by atoms with Gasteiger partial charge in [0.25, 0.3) is 5.91 Å². The van der Waals surface area contributed by atoms with Crippen LogP contribution in [0.15, 0.2) is 29.4 Å². The maximum absolute atomic E-state index is 12.7. The van der Waals surface area contributed by atoms with Crippen LogP contribution in [0.25, 0.3) is 0 Å². The number of carbonyl (C=O) groups excluding carboxylic acids is 1. The summed E-state index contributed by atoms with van der Waals surface area (Å²) in [6, 6.07) is 5.45. The Bertz CT molecular complexity index is 453. The van der Waals surface area contributed by atoms with Gasteiger partial charge in [0.05, 0.1) is 0 Å². The van der Waals surface area contributed by atoms with Crippen LogP contribution >= 0.6 is 0 Å². The van der Waals surface area contributed by atoms with E-state index in [-0.39, 0.29) is 11.7 Å². The number of carbonyl (C=O) groups is 1. The average Bonchev–Trinajstić information content (AvgIpc) is 2.38. The second-order valence-electron chi connectivity index (χ2n) is 4.70. The molecule has 0 saturated heterocycles. The highest BCUT2D eigenvalue weighted by Crippen LogP contribution is 2.20. The Balaban J connectivity index is 1.99. The lowest BCUT2D eigenvalue weighted by atomic mass is 9.89. The molecule has 1 aliphatic carbocycles. The molecule has 0 heterocycles. The Morgan fingerprint density at radius 2 is 2.06 bits per heavy atom. The predicted octanol–water partition coefficient (Wildman–Crippen LogP) is 3.12. The zero-order valence-electron chi connectivity index (χ0n) is 10.4. The van der Waals surface area contributed by atoms with Crippen molar-refractivity contribution in [3.63, 3.8) is 0 Å². The lowest BCUT2D eigenvalue weighted by Crippen LogP contribution is -2.24. The molecule has 1 aromatic carbocycles. The van der Waals surface area contributed by atoms with E-state index in [2.05, 4.69) is 17.5 Å². The summed E-state index contributed by atoms with van der Waals surface area (Å²) in [5.41, 5.74) is 4.02. The predicted molar refractivity (Wildman–Crippen MR) is 68.9 cm³/mol. The van der Waals surface area contributed by atoms with Crippen LogP contribution in [0.1, 0.15) is 43.0 Å². The highest BCUT2D eigenvalue weighted by molar-refractivity contribution is 5.95. The van der Waals surface area contributed by atoms with Crippen molar-refractivity contribution in [3.8, 4) is 0 Å². The lowest BCUT2D eigenvalue weighted by molar-refractivity contribution is 0.0954. The zero-order valence-corrected chi connectivity index (χ0v) is 10.4. The maximum Gasteiger partial charge on any atom is 0.271 e. The molecule has 1 saturated carbocycles. The molecular formula is C14H17FN2O. The normalized spacial score (nSPS) is 21.9. The number of hydrazone groups is 1. The minimum atomic E-state index is -0.348. The van der Waals surface area contributed by atoms with Crippen molar-refractivity contribution < 1.29 is 9.18 Å². The van der Waals surface area contributed by atoms with Gasteiger partial charge in [-0.1, -0.05) is 13.3 Å². The van der Waals surface area contributed by atoms with Crippen LogP contribution in [0, 0.1) is 11.7 Å². The van der Waals surface area contributed by atoms with Crippen LogP contribution in [-0.4, -0.2) is 11.6 Å².